The van der Waals surface area contributed by atoms with Crippen LogP contribution in [-0.4, -0.2) is 39.8 Å². The Bertz CT molecular complexity index is 2020. The molecule has 3 amide bonds. The minimum atomic E-state index is -4.76. The molecule has 0 aliphatic carbocycles. The number of anilines is 2. The predicted molar refractivity (Wildman–Crippen MR) is 162 cm³/mol. The van der Waals surface area contributed by atoms with Gasteiger partial charge in [-0.05, 0) is 54.1 Å². The fourth-order valence-corrected chi connectivity index (χ4v) is 8.47. The molecule has 1 fully saturated rings. The molecule has 3 heterocycles. The van der Waals surface area contributed by atoms with Crippen molar-refractivity contribution in [3.05, 3.63) is 98.0 Å². The number of carbonyl (C=O) groups is 3. The summed E-state index contributed by atoms with van der Waals surface area (Å²) in [7, 11) is 1.28. The van der Waals surface area contributed by atoms with E-state index in [9.17, 15) is 50.6 Å². The summed E-state index contributed by atoms with van der Waals surface area (Å²) in [5.74, 6) is -5.05. The van der Waals surface area contributed by atoms with Gasteiger partial charge in [-0.3, -0.25) is 23.7 Å². The molecule has 1 aromatic heterocycles. The molecule has 1 saturated heterocycles. The molecule has 3 aromatic carbocycles. The average molecular weight is 710 g/mol. The van der Waals surface area contributed by atoms with Gasteiger partial charge in [0, 0.05) is 16.5 Å². The highest BCUT2D eigenvalue weighted by Crippen LogP contribution is 2.54. The van der Waals surface area contributed by atoms with Crippen molar-refractivity contribution in [3.8, 4) is 11.5 Å². The van der Waals surface area contributed by atoms with E-state index in [-0.39, 0.29) is 32.8 Å². The van der Waals surface area contributed by atoms with E-state index in [0.717, 1.165) is 46.7 Å². The Labute approximate surface area is 274 Å². The number of thioether (sulfide) groups is 1. The number of phenolic OH excluding ortho intramolecular Hbond substituents is 1. The van der Waals surface area contributed by atoms with Crippen LogP contribution in [-0.2, 0) is 33.3 Å². The van der Waals surface area contributed by atoms with E-state index in [1.165, 1.54) is 37.4 Å². The lowest BCUT2D eigenvalue weighted by Gasteiger charge is -2.31. The van der Waals surface area contributed by atoms with E-state index in [0.29, 0.717) is 27.9 Å². The van der Waals surface area contributed by atoms with E-state index in [2.05, 4.69) is 5.32 Å². The first-order valence-corrected chi connectivity index (χ1v) is 15.6. The van der Waals surface area contributed by atoms with E-state index < -0.39 is 69.7 Å². The number of hydrogen-bond acceptors (Lipinski definition) is 8. The molecule has 6 rings (SSSR count). The Morgan fingerprint density at radius 2 is 1.58 bits per heavy atom. The van der Waals surface area contributed by atoms with Crippen molar-refractivity contribution in [2.75, 3.05) is 17.3 Å². The van der Waals surface area contributed by atoms with Crippen LogP contribution < -0.4 is 19.8 Å². The molecule has 48 heavy (non-hydrogen) atoms. The van der Waals surface area contributed by atoms with Crippen molar-refractivity contribution in [2.45, 2.75) is 35.1 Å². The van der Waals surface area contributed by atoms with Crippen molar-refractivity contribution in [3.63, 3.8) is 0 Å². The number of nitrogens with zero attached hydrogens (tertiary/aromatic N) is 2. The minimum absolute atomic E-state index is 0.00239. The van der Waals surface area contributed by atoms with Crippen molar-refractivity contribution in [2.24, 2.45) is 5.92 Å². The third-order valence-corrected chi connectivity index (χ3v) is 10.4. The summed E-state index contributed by atoms with van der Waals surface area (Å²) in [6.07, 6.45) is -9.43. The maximum Gasteiger partial charge on any atom is 0.416 e. The quantitative estimate of drug-likeness (QED) is 0.184. The number of benzene rings is 3. The van der Waals surface area contributed by atoms with Crippen LogP contribution in [0.5, 0.6) is 11.5 Å². The molecular weight excluding hydrogens is 688 g/mol. The third kappa shape index (κ3) is 5.91. The number of fused-ring (bicyclic) bond motifs is 2. The second-order valence-corrected chi connectivity index (χ2v) is 12.9. The highest BCUT2D eigenvalue weighted by Gasteiger charge is 2.57. The minimum Gasteiger partial charge on any atom is -0.504 e. The van der Waals surface area contributed by atoms with Gasteiger partial charge in [0.05, 0.1) is 34.9 Å². The smallest absolute Gasteiger partial charge is 0.416 e. The molecule has 3 atom stereocenters. The zero-order chi connectivity index (χ0) is 34.7. The summed E-state index contributed by atoms with van der Waals surface area (Å²) < 4.78 is 86.4. The number of aromatic nitrogens is 1. The lowest BCUT2D eigenvalue weighted by molar-refractivity contribution is -0.138. The van der Waals surface area contributed by atoms with Crippen LogP contribution in [0.4, 0.5) is 37.7 Å². The number of rotatable bonds is 6. The van der Waals surface area contributed by atoms with Gasteiger partial charge in [0.25, 0.3) is 0 Å². The Kier molecular flexibility index (Phi) is 8.31. The summed E-state index contributed by atoms with van der Waals surface area (Å²) in [5.41, 5.74) is -2.24. The van der Waals surface area contributed by atoms with Crippen LogP contribution in [0.1, 0.15) is 27.5 Å². The fourth-order valence-electron chi connectivity index (χ4n) is 5.70. The molecule has 3 unspecified atom stereocenters. The summed E-state index contributed by atoms with van der Waals surface area (Å²) >= 11 is 1.46. The van der Waals surface area contributed by atoms with Crippen LogP contribution in [0.25, 0.3) is 0 Å². The number of methoxy groups -OCH3 is 1. The van der Waals surface area contributed by atoms with Gasteiger partial charge in [-0.25, -0.2) is 4.90 Å². The van der Waals surface area contributed by atoms with Gasteiger partial charge in [-0.1, -0.05) is 41.3 Å². The Morgan fingerprint density at radius 3 is 2.25 bits per heavy atom. The van der Waals surface area contributed by atoms with Crippen LogP contribution in [0.3, 0.4) is 0 Å². The molecule has 2 N–H and O–H groups in total. The van der Waals surface area contributed by atoms with Crippen molar-refractivity contribution in [1.82, 2.24) is 4.57 Å². The fraction of sp³-hybridized carbons (Fsp3) is 0.226. The standard InChI is InChI=1S/C31H21F6N3O6S2/c1-46-20-10-14(8-9-19(20)41)22-23-24(27(44)40(26(23)43)18-7-3-5-16(12-18)31(35,36)37)47-28-25(22)48-29(45)39(28)13-21(42)38-17-6-2-4-15(11-17)30(32,33)34/h2-12,22-24,41H,13H2,1H3,(H,38,42). The zero-order valence-electron chi connectivity index (χ0n) is 24.3. The van der Waals surface area contributed by atoms with Crippen LogP contribution in [0.2, 0.25) is 0 Å². The van der Waals surface area contributed by atoms with E-state index >= 15 is 0 Å². The summed E-state index contributed by atoms with van der Waals surface area (Å²) in [4.78, 5) is 54.5. The van der Waals surface area contributed by atoms with Gasteiger partial charge < -0.3 is 15.2 Å². The molecule has 0 spiro atoms. The molecule has 0 bridgehead atoms. The molecule has 0 radical (unpaired) electrons. The van der Waals surface area contributed by atoms with Crippen LogP contribution >= 0.6 is 23.1 Å². The maximum atomic E-state index is 14.0. The number of aromatic hydroxyl groups is 1. The van der Waals surface area contributed by atoms with E-state index in [1.54, 1.807) is 0 Å². The highest BCUT2D eigenvalue weighted by molar-refractivity contribution is 8.00. The number of hydrogen-bond donors (Lipinski definition) is 2. The first-order valence-electron chi connectivity index (χ1n) is 13.9. The number of thiazole rings is 1. The molecule has 0 saturated carbocycles. The van der Waals surface area contributed by atoms with Gasteiger partial charge in [0.1, 0.15) is 11.8 Å². The molecule has 250 valence electrons. The number of ether oxygens (including phenoxy) is 1. The van der Waals surface area contributed by atoms with Crippen LogP contribution in [0.15, 0.2) is 76.6 Å². The van der Waals surface area contributed by atoms with Crippen molar-refractivity contribution >= 4 is 52.2 Å². The molecule has 2 aliphatic rings. The second kappa shape index (κ2) is 12.0. The van der Waals surface area contributed by atoms with Gasteiger partial charge in [-0.2, -0.15) is 26.3 Å². The number of amides is 3. The number of nitrogens with one attached hydrogen (secondary N) is 1. The third-order valence-electron chi connectivity index (χ3n) is 7.82. The van der Waals surface area contributed by atoms with E-state index in [4.69, 9.17) is 4.74 Å². The van der Waals surface area contributed by atoms with Crippen molar-refractivity contribution in [1.29, 1.82) is 0 Å². The maximum absolute atomic E-state index is 14.0. The summed E-state index contributed by atoms with van der Waals surface area (Å²) in [6, 6.07) is 11.7. The number of imide groups is 1. The molecular formula is C31H21F6N3O6S2. The Morgan fingerprint density at radius 1 is 0.917 bits per heavy atom. The lowest BCUT2D eigenvalue weighted by Crippen LogP contribution is -2.33. The molecule has 9 nitrogen and oxygen atoms in total. The largest absolute Gasteiger partial charge is 0.504 e. The normalized spacial score (nSPS) is 19.2. The second-order valence-electron chi connectivity index (χ2n) is 10.8. The summed E-state index contributed by atoms with van der Waals surface area (Å²) in [6.45, 7) is -0.670. The van der Waals surface area contributed by atoms with Crippen molar-refractivity contribution < 1.29 is 50.6 Å². The number of halogens is 6. The van der Waals surface area contributed by atoms with Gasteiger partial charge >= 0.3 is 17.2 Å². The number of phenols is 1. The van der Waals surface area contributed by atoms with Gasteiger partial charge in [0.2, 0.25) is 17.7 Å². The highest BCUT2D eigenvalue weighted by atomic mass is 32.2. The monoisotopic (exact) mass is 709 g/mol. The molecule has 2 aliphatic heterocycles. The Hall–Kier alpha value is -4.77. The first-order chi connectivity index (χ1) is 22.6. The topological polar surface area (TPSA) is 118 Å². The van der Waals surface area contributed by atoms with Crippen LogP contribution in [0, 0.1) is 5.92 Å². The molecule has 4 aromatic rings. The predicted octanol–water partition coefficient (Wildman–Crippen LogP) is 6.10. The first kappa shape index (κ1) is 33.1. The van der Waals surface area contributed by atoms with Gasteiger partial charge in [-0.15, -0.1) is 0 Å². The zero-order valence-corrected chi connectivity index (χ0v) is 25.9. The van der Waals surface area contributed by atoms with E-state index in [1.807, 2.05) is 0 Å². The molecule has 17 heteroatoms. The summed E-state index contributed by atoms with van der Waals surface area (Å²) in [5, 5.41) is 11.4. The Balaban J connectivity index is 1.41. The lowest BCUT2D eigenvalue weighted by atomic mass is 9.83. The number of alkyl halides is 6. The SMILES string of the molecule is COc1cc(C2c3sc(=O)n(CC(=O)Nc4cccc(C(F)(F)F)c4)c3SC3C(=O)N(c4cccc(C(F)(F)F)c4)C(=O)C32)ccc1O. The van der Waals surface area contributed by atoms with Gasteiger partial charge in [0.15, 0.2) is 11.5 Å². The average Bonchev–Trinajstić information content (AvgIpc) is 3.46. The number of carbonyl (C=O) groups excluding carboxylic acids is 3.